The molecule has 0 aromatic heterocycles. The number of fused-ring (bicyclic) bond motifs is 1. The summed E-state index contributed by atoms with van der Waals surface area (Å²) in [5.74, 6) is -0.222. The first kappa shape index (κ1) is 15.3. The first-order valence-corrected chi connectivity index (χ1v) is 6.85. The van der Waals surface area contributed by atoms with Crippen LogP contribution in [0.5, 0.6) is 11.5 Å². The van der Waals surface area contributed by atoms with Crippen LogP contribution in [-0.2, 0) is 4.79 Å². The van der Waals surface area contributed by atoms with Gasteiger partial charge in [-0.25, -0.2) is 0 Å². The normalized spacial score (nSPS) is 16.4. The summed E-state index contributed by atoms with van der Waals surface area (Å²) in [4.78, 5) is 11.8. The second-order valence-corrected chi connectivity index (χ2v) is 4.84. The van der Waals surface area contributed by atoms with Crippen LogP contribution in [-0.4, -0.2) is 24.8 Å². The molecule has 2 rings (SSSR count). The van der Waals surface area contributed by atoms with E-state index in [9.17, 15) is 13.6 Å². The summed E-state index contributed by atoms with van der Waals surface area (Å²) < 4.78 is 34.5. The molecule has 0 radical (unpaired) electrons. The van der Waals surface area contributed by atoms with Gasteiger partial charge in [0.05, 0.1) is 0 Å². The van der Waals surface area contributed by atoms with Gasteiger partial charge in [0, 0.05) is 18.3 Å². The van der Waals surface area contributed by atoms with Crippen LogP contribution in [0.3, 0.4) is 0 Å². The summed E-state index contributed by atoms with van der Waals surface area (Å²) >= 11 is 0. The van der Waals surface area contributed by atoms with Gasteiger partial charge in [0.2, 0.25) is 5.91 Å². The van der Waals surface area contributed by atoms with E-state index in [4.69, 9.17) is 0 Å². The fourth-order valence-corrected chi connectivity index (χ4v) is 1.90. The lowest BCUT2D eigenvalue weighted by molar-refractivity contribution is -0.286. The number of carbonyl (C=O) groups excluding carboxylic acids is 1. The van der Waals surface area contributed by atoms with E-state index in [1.165, 1.54) is 12.1 Å². The van der Waals surface area contributed by atoms with Crippen LogP contribution in [0.25, 0.3) is 0 Å². The lowest BCUT2D eigenvalue weighted by Gasteiger charge is -2.15. The third kappa shape index (κ3) is 3.96. The smallest absolute Gasteiger partial charge is 0.395 e. The monoisotopic (exact) mass is 300 g/mol. The van der Waals surface area contributed by atoms with Gasteiger partial charge in [0.15, 0.2) is 11.5 Å². The number of unbranched alkanes of at least 4 members (excludes halogenated alkanes) is 1. The molecule has 1 atom stereocenters. The molecule has 116 valence electrons. The van der Waals surface area contributed by atoms with Crippen LogP contribution in [0, 0.1) is 0 Å². The van der Waals surface area contributed by atoms with Crippen LogP contribution < -0.4 is 20.1 Å². The third-order valence-electron chi connectivity index (χ3n) is 3.01. The summed E-state index contributed by atoms with van der Waals surface area (Å²) in [5.41, 5.74) is 0.508. The summed E-state index contributed by atoms with van der Waals surface area (Å²) in [6.07, 6.45) is -1.72. The Kier molecular flexibility index (Phi) is 4.50. The van der Waals surface area contributed by atoms with Gasteiger partial charge in [-0.3, -0.25) is 4.79 Å². The summed E-state index contributed by atoms with van der Waals surface area (Å²) in [6.45, 7) is 4.35. The van der Waals surface area contributed by atoms with E-state index in [0.717, 1.165) is 12.8 Å². The van der Waals surface area contributed by atoms with Crippen molar-refractivity contribution in [3.63, 3.8) is 0 Å². The molecule has 1 aromatic rings. The lowest BCUT2D eigenvalue weighted by atomic mass is 10.2. The first-order valence-electron chi connectivity index (χ1n) is 6.85. The van der Waals surface area contributed by atoms with Crippen molar-refractivity contribution < 1.29 is 23.0 Å². The minimum atomic E-state index is -3.63. The van der Waals surface area contributed by atoms with Gasteiger partial charge >= 0.3 is 6.29 Å². The number of alkyl halides is 2. The number of nitrogens with one attached hydrogen (secondary N) is 2. The van der Waals surface area contributed by atoms with Gasteiger partial charge in [0.1, 0.15) is 6.04 Å². The van der Waals surface area contributed by atoms with Gasteiger partial charge in [-0.2, -0.15) is 0 Å². The minimum Gasteiger partial charge on any atom is -0.395 e. The zero-order valence-electron chi connectivity index (χ0n) is 11.9. The van der Waals surface area contributed by atoms with Crippen molar-refractivity contribution in [3.05, 3.63) is 18.2 Å². The van der Waals surface area contributed by atoms with E-state index >= 15 is 0 Å². The van der Waals surface area contributed by atoms with E-state index in [1.807, 2.05) is 6.92 Å². The molecule has 1 aromatic carbocycles. The molecule has 0 bridgehead atoms. The van der Waals surface area contributed by atoms with E-state index in [2.05, 4.69) is 20.1 Å². The average Bonchev–Trinajstić information content (AvgIpc) is 2.72. The summed E-state index contributed by atoms with van der Waals surface area (Å²) in [7, 11) is 0. The number of benzene rings is 1. The van der Waals surface area contributed by atoms with Crippen LogP contribution >= 0.6 is 0 Å². The Labute approximate surface area is 121 Å². The number of carbonyl (C=O) groups is 1. The molecule has 1 aliphatic heterocycles. The van der Waals surface area contributed by atoms with Gasteiger partial charge in [-0.05, 0) is 25.5 Å². The Bertz CT molecular complexity index is 523. The molecule has 7 heteroatoms. The second kappa shape index (κ2) is 6.15. The van der Waals surface area contributed by atoms with Gasteiger partial charge in [-0.1, -0.05) is 13.3 Å². The molecule has 0 spiro atoms. The SMILES string of the molecule is CCCCNC(=O)C(C)Nc1ccc2c(c1)OC(F)(F)O2. The molecule has 1 heterocycles. The number of hydrogen-bond acceptors (Lipinski definition) is 4. The number of anilines is 1. The van der Waals surface area contributed by atoms with Crippen molar-refractivity contribution in [2.75, 3.05) is 11.9 Å². The summed E-state index contributed by atoms with van der Waals surface area (Å²) in [5, 5.41) is 5.72. The number of hydrogen-bond donors (Lipinski definition) is 2. The highest BCUT2D eigenvalue weighted by atomic mass is 19.3. The number of halogens is 2. The molecule has 0 aliphatic carbocycles. The number of amides is 1. The van der Waals surface area contributed by atoms with Crippen molar-refractivity contribution in [1.82, 2.24) is 5.32 Å². The van der Waals surface area contributed by atoms with Crippen LogP contribution in [0.4, 0.5) is 14.5 Å². The second-order valence-electron chi connectivity index (χ2n) is 4.84. The van der Waals surface area contributed by atoms with Crippen molar-refractivity contribution in [3.8, 4) is 11.5 Å². The van der Waals surface area contributed by atoms with E-state index in [-0.39, 0.29) is 17.4 Å². The molecular formula is C14H18F2N2O3. The molecule has 5 nitrogen and oxygen atoms in total. The van der Waals surface area contributed by atoms with Crippen LogP contribution in [0.2, 0.25) is 0 Å². The fourth-order valence-electron chi connectivity index (χ4n) is 1.90. The molecule has 0 fully saturated rings. The van der Waals surface area contributed by atoms with Crippen LogP contribution in [0.15, 0.2) is 18.2 Å². The molecule has 0 saturated carbocycles. The highest BCUT2D eigenvalue weighted by Gasteiger charge is 2.43. The largest absolute Gasteiger partial charge is 0.586 e. The average molecular weight is 300 g/mol. The Morgan fingerprint density at radius 1 is 1.33 bits per heavy atom. The molecule has 1 aliphatic rings. The Hall–Kier alpha value is -2.05. The van der Waals surface area contributed by atoms with Crippen molar-refractivity contribution in [1.29, 1.82) is 0 Å². The zero-order chi connectivity index (χ0) is 15.5. The highest BCUT2D eigenvalue weighted by molar-refractivity contribution is 5.84. The highest BCUT2D eigenvalue weighted by Crippen LogP contribution is 2.42. The van der Waals surface area contributed by atoms with Crippen molar-refractivity contribution >= 4 is 11.6 Å². The molecule has 1 unspecified atom stereocenters. The molecule has 2 N–H and O–H groups in total. The van der Waals surface area contributed by atoms with Crippen molar-refractivity contribution in [2.24, 2.45) is 0 Å². The lowest BCUT2D eigenvalue weighted by Crippen LogP contribution is -2.37. The predicted molar refractivity (Wildman–Crippen MR) is 73.6 cm³/mol. The molecule has 21 heavy (non-hydrogen) atoms. The van der Waals surface area contributed by atoms with Gasteiger partial charge in [0.25, 0.3) is 0 Å². The Morgan fingerprint density at radius 2 is 2.05 bits per heavy atom. The van der Waals surface area contributed by atoms with Gasteiger partial charge in [-0.15, -0.1) is 8.78 Å². The van der Waals surface area contributed by atoms with E-state index in [1.54, 1.807) is 13.0 Å². The van der Waals surface area contributed by atoms with E-state index in [0.29, 0.717) is 12.2 Å². The standard InChI is InChI=1S/C14H18F2N2O3/c1-3-4-7-17-13(19)9(2)18-10-5-6-11-12(8-10)21-14(15,16)20-11/h5-6,8-9,18H,3-4,7H2,1-2H3,(H,17,19). The maximum atomic E-state index is 12.9. The zero-order valence-corrected chi connectivity index (χ0v) is 11.9. The minimum absolute atomic E-state index is 0.0226. The number of ether oxygens (including phenoxy) is 2. The van der Waals surface area contributed by atoms with Gasteiger partial charge < -0.3 is 20.1 Å². The fraction of sp³-hybridized carbons (Fsp3) is 0.500. The number of rotatable bonds is 6. The van der Waals surface area contributed by atoms with Crippen LogP contribution in [0.1, 0.15) is 26.7 Å². The summed E-state index contributed by atoms with van der Waals surface area (Å²) in [6, 6.07) is 3.83. The predicted octanol–water partition coefficient (Wildman–Crippen LogP) is 2.72. The third-order valence-corrected chi connectivity index (χ3v) is 3.01. The molecule has 1 amide bonds. The maximum absolute atomic E-state index is 12.9. The topological polar surface area (TPSA) is 59.6 Å². The molecular weight excluding hydrogens is 282 g/mol. The maximum Gasteiger partial charge on any atom is 0.586 e. The molecule has 0 saturated heterocycles. The quantitative estimate of drug-likeness (QED) is 0.793. The Balaban J connectivity index is 1.93. The van der Waals surface area contributed by atoms with E-state index < -0.39 is 12.3 Å². The van der Waals surface area contributed by atoms with Crippen molar-refractivity contribution in [2.45, 2.75) is 39.0 Å². The Morgan fingerprint density at radius 3 is 2.76 bits per heavy atom. The first-order chi connectivity index (χ1) is 9.91.